The molecule has 0 aromatic carbocycles. The van der Waals surface area contributed by atoms with Gasteiger partial charge in [-0.1, -0.05) is 15.9 Å². The quantitative estimate of drug-likeness (QED) is 0.603. The Hall–Kier alpha value is -0.710. The van der Waals surface area contributed by atoms with Gasteiger partial charge in [0.25, 0.3) is 0 Å². The maximum absolute atomic E-state index is 11.4. The average molecular weight is 246 g/mol. The number of aromatic nitrogens is 3. The Morgan fingerprint density at radius 2 is 2.23 bits per heavy atom. The number of Topliss-reactive ketones (excluding diaryl/α,β-unsaturated/α-hetero) is 1. The molecule has 5 heteroatoms. The SMILES string of the molecule is Cc1nc(C(=O)CBr)n(C(C)C)n1. The highest BCUT2D eigenvalue weighted by Gasteiger charge is 2.16. The zero-order chi connectivity index (χ0) is 10.0. The molecule has 0 atom stereocenters. The topological polar surface area (TPSA) is 47.8 Å². The lowest BCUT2D eigenvalue weighted by Crippen LogP contribution is -2.14. The molecule has 1 rings (SSSR count). The van der Waals surface area contributed by atoms with Gasteiger partial charge in [0.1, 0.15) is 5.82 Å². The van der Waals surface area contributed by atoms with Crippen LogP contribution < -0.4 is 0 Å². The highest BCUT2D eigenvalue weighted by atomic mass is 79.9. The summed E-state index contributed by atoms with van der Waals surface area (Å²) in [5, 5.41) is 4.43. The van der Waals surface area contributed by atoms with Crippen LogP contribution in [-0.2, 0) is 0 Å². The Kier molecular flexibility index (Phi) is 3.19. The average Bonchev–Trinajstić information content (AvgIpc) is 2.46. The second-order valence-electron chi connectivity index (χ2n) is 3.08. The van der Waals surface area contributed by atoms with Crippen LogP contribution >= 0.6 is 15.9 Å². The number of carbonyl (C=O) groups is 1. The van der Waals surface area contributed by atoms with E-state index in [1.54, 1.807) is 11.6 Å². The Morgan fingerprint density at radius 1 is 1.62 bits per heavy atom. The molecule has 0 saturated carbocycles. The smallest absolute Gasteiger partial charge is 0.210 e. The molecule has 1 aromatic heterocycles. The van der Waals surface area contributed by atoms with E-state index < -0.39 is 0 Å². The first-order valence-electron chi connectivity index (χ1n) is 4.08. The Balaban J connectivity index is 3.11. The van der Waals surface area contributed by atoms with Crippen LogP contribution in [0.25, 0.3) is 0 Å². The van der Waals surface area contributed by atoms with E-state index >= 15 is 0 Å². The lowest BCUT2D eigenvalue weighted by molar-refractivity contribution is 0.100. The first kappa shape index (κ1) is 10.4. The van der Waals surface area contributed by atoms with Gasteiger partial charge in [-0.15, -0.1) is 0 Å². The second kappa shape index (κ2) is 4.00. The van der Waals surface area contributed by atoms with Crippen LogP contribution in [0.3, 0.4) is 0 Å². The minimum Gasteiger partial charge on any atom is -0.290 e. The highest BCUT2D eigenvalue weighted by Crippen LogP contribution is 2.08. The van der Waals surface area contributed by atoms with Crippen molar-refractivity contribution in [3.8, 4) is 0 Å². The third kappa shape index (κ3) is 2.15. The first-order valence-corrected chi connectivity index (χ1v) is 5.20. The van der Waals surface area contributed by atoms with Gasteiger partial charge in [-0.25, -0.2) is 9.67 Å². The Morgan fingerprint density at radius 3 is 2.69 bits per heavy atom. The van der Waals surface area contributed by atoms with Crippen molar-refractivity contribution in [1.82, 2.24) is 14.8 Å². The van der Waals surface area contributed by atoms with E-state index in [9.17, 15) is 4.79 Å². The van der Waals surface area contributed by atoms with Gasteiger partial charge in [-0.2, -0.15) is 5.10 Å². The number of alkyl halides is 1. The maximum atomic E-state index is 11.4. The molecule has 0 aliphatic carbocycles. The van der Waals surface area contributed by atoms with Gasteiger partial charge >= 0.3 is 0 Å². The first-order chi connectivity index (χ1) is 6.06. The molecular formula is C8H12BrN3O. The van der Waals surface area contributed by atoms with E-state index in [1.165, 1.54) is 0 Å². The van der Waals surface area contributed by atoms with Crippen molar-refractivity contribution in [2.45, 2.75) is 26.8 Å². The van der Waals surface area contributed by atoms with Gasteiger partial charge in [-0.3, -0.25) is 4.79 Å². The van der Waals surface area contributed by atoms with E-state index in [4.69, 9.17) is 0 Å². The van der Waals surface area contributed by atoms with Crippen molar-refractivity contribution in [2.75, 3.05) is 5.33 Å². The number of ketones is 1. The van der Waals surface area contributed by atoms with Gasteiger partial charge in [0.2, 0.25) is 5.78 Å². The molecule has 0 saturated heterocycles. The second-order valence-corrected chi connectivity index (χ2v) is 3.64. The molecule has 0 radical (unpaired) electrons. The lowest BCUT2D eigenvalue weighted by Gasteiger charge is -2.06. The fourth-order valence-electron chi connectivity index (χ4n) is 1.04. The van der Waals surface area contributed by atoms with Crippen molar-refractivity contribution in [2.24, 2.45) is 0 Å². The fourth-order valence-corrected chi connectivity index (χ4v) is 1.29. The normalized spacial score (nSPS) is 10.8. The lowest BCUT2D eigenvalue weighted by atomic mass is 10.3. The van der Waals surface area contributed by atoms with Crippen LogP contribution in [0, 0.1) is 6.92 Å². The molecule has 0 aliphatic rings. The number of rotatable bonds is 3. The van der Waals surface area contributed by atoms with Gasteiger partial charge in [-0.05, 0) is 20.8 Å². The highest BCUT2D eigenvalue weighted by molar-refractivity contribution is 9.09. The molecule has 0 N–H and O–H groups in total. The van der Waals surface area contributed by atoms with Crippen molar-refractivity contribution >= 4 is 21.7 Å². The Bertz CT molecular complexity index is 319. The van der Waals surface area contributed by atoms with Crippen molar-refractivity contribution in [3.63, 3.8) is 0 Å². The molecule has 0 spiro atoms. The van der Waals surface area contributed by atoms with Crippen LogP contribution in [0.5, 0.6) is 0 Å². The number of hydrogen-bond acceptors (Lipinski definition) is 3. The van der Waals surface area contributed by atoms with Crippen LogP contribution in [0.1, 0.15) is 36.3 Å². The summed E-state index contributed by atoms with van der Waals surface area (Å²) in [5.74, 6) is 1.04. The van der Waals surface area contributed by atoms with Crippen molar-refractivity contribution < 1.29 is 4.79 Å². The maximum Gasteiger partial charge on any atom is 0.210 e. The van der Waals surface area contributed by atoms with Gasteiger partial charge in [0.05, 0.1) is 5.33 Å². The number of carbonyl (C=O) groups excluding carboxylic acids is 1. The van der Waals surface area contributed by atoms with E-state index in [-0.39, 0.29) is 17.2 Å². The minimum absolute atomic E-state index is 0.0331. The minimum atomic E-state index is -0.0331. The van der Waals surface area contributed by atoms with E-state index in [0.717, 1.165) is 0 Å². The number of hydrogen-bond donors (Lipinski definition) is 0. The summed E-state index contributed by atoms with van der Waals surface area (Å²) in [6.07, 6.45) is 0. The summed E-state index contributed by atoms with van der Waals surface area (Å²) in [7, 11) is 0. The van der Waals surface area contributed by atoms with Gasteiger partial charge in [0, 0.05) is 6.04 Å². The zero-order valence-electron chi connectivity index (χ0n) is 7.91. The van der Waals surface area contributed by atoms with Crippen LogP contribution in [0.4, 0.5) is 0 Å². The molecule has 0 fully saturated rings. The molecule has 4 nitrogen and oxygen atoms in total. The molecule has 1 aromatic rings. The van der Waals surface area contributed by atoms with Crippen LogP contribution in [-0.4, -0.2) is 25.9 Å². The predicted octanol–water partition coefficient (Wildman–Crippen LogP) is 1.75. The van der Waals surface area contributed by atoms with Crippen LogP contribution in [0.2, 0.25) is 0 Å². The third-order valence-corrected chi connectivity index (χ3v) is 2.11. The molecule has 1 heterocycles. The number of halogens is 1. The fraction of sp³-hybridized carbons (Fsp3) is 0.625. The van der Waals surface area contributed by atoms with E-state index in [2.05, 4.69) is 26.0 Å². The third-order valence-electron chi connectivity index (χ3n) is 1.60. The summed E-state index contributed by atoms with van der Waals surface area (Å²) in [6, 6.07) is 0.166. The zero-order valence-corrected chi connectivity index (χ0v) is 9.50. The van der Waals surface area contributed by atoms with E-state index in [1.807, 2.05) is 13.8 Å². The molecule has 0 amide bonds. The molecule has 0 aliphatic heterocycles. The molecule has 0 unspecified atom stereocenters. The summed E-state index contributed by atoms with van der Waals surface area (Å²) in [5.41, 5.74) is 0. The van der Waals surface area contributed by atoms with Gasteiger partial charge in [0.15, 0.2) is 5.82 Å². The van der Waals surface area contributed by atoms with Crippen molar-refractivity contribution in [3.05, 3.63) is 11.6 Å². The summed E-state index contributed by atoms with van der Waals surface area (Å²) >= 11 is 3.11. The molecular weight excluding hydrogens is 234 g/mol. The summed E-state index contributed by atoms with van der Waals surface area (Å²) in [6.45, 7) is 5.72. The van der Waals surface area contributed by atoms with Crippen molar-refractivity contribution in [1.29, 1.82) is 0 Å². The van der Waals surface area contributed by atoms with Gasteiger partial charge < -0.3 is 0 Å². The molecule has 13 heavy (non-hydrogen) atoms. The summed E-state index contributed by atoms with van der Waals surface area (Å²) < 4.78 is 1.65. The molecule has 0 bridgehead atoms. The molecule has 72 valence electrons. The van der Waals surface area contributed by atoms with Crippen LogP contribution in [0.15, 0.2) is 0 Å². The summed E-state index contributed by atoms with van der Waals surface area (Å²) in [4.78, 5) is 15.5. The Labute approximate surface area is 85.5 Å². The van der Waals surface area contributed by atoms with E-state index in [0.29, 0.717) is 11.6 Å². The number of nitrogens with zero attached hydrogens (tertiary/aromatic N) is 3. The standard InChI is InChI=1S/C8H12BrN3O/c1-5(2)12-8(7(13)4-9)10-6(3)11-12/h5H,4H2,1-3H3. The predicted molar refractivity (Wildman–Crippen MR) is 53.3 cm³/mol. The monoisotopic (exact) mass is 245 g/mol. The largest absolute Gasteiger partial charge is 0.290 e. The number of aryl methyl sites for hydroxylation is 1.